The van der Waals surface area contributed by atoms with Gasteiger partial charge in [0, 0.05) is 16.9 Å². The lowest BCUT2D eigenvalue weighted by Crippen LogP contribution is -2.15. The molecule has 0 bridgehead atoms. The van der Waals surface area contributed by atoms with E-state index in [1.807, 2.05) is 69.3 Å². The SMILES string of the molecule is COC(=O)c1c(NC(=O)CCCOc2cc(C)ccc2C)sc(C)c1-c1ccccc1. The molecule has 0 atom stereocenters. The number of hydrogen-bond acceptors (Lipinski definition) is 5. The summed E-state index contributed by atoms with van der Waals surface area (Å²) in [6.07, 6.45) is 0.867. The van der Waals surface area contributed by atoms with Crippen LogP contribution < -0.4 is 10.1 Å². The molecule has 0 unspecified atom stereocenters. The Hall–Kier alpha value is -3.12. The zero-order chi connectivity index (χ0) is 22.4. The van der Waals surface area contributed by atoms with Crippen LogP contribution in [0.2, 0.25) is 0 Å². The van der Waals surface area contributed by atoms with Crippen molar-refractivity contribution >= 4 is 28.2 Å². The molecule has 0 fully saturated rings. The third-order valence-electron chi connectivity index (χ3n) is 4.94. The summed E-state index contributed by atoms with van der Waals surface area (Å²) in [4.78, 5) is 26.0. The zero-order valence-electron chi connectivity index (χ0n) is 18.3. The molecule has 0 saturated carbocycles. The highest BCUT2D eigenvalue weighted by Gasteiger charge is 2.24. The van der Waals surface area contributed by atoms with Gasteiger partial charge < -0.3 is 14.8 Å². The van der Waals surface area contributed by atoms with Crippen LogP contribution in [0.3, 0.4) is 0 Å². The van der Waals surface area contributed by atoms with Gasteiger partial charge in [-0.15, -0.1) is 11.3 Å². The fourth-order valence-electron chi connectivity index (χ4n) is 3.35. The van der Waals surface area contributed by atoms with Crippen molar-refractivity contribution in [3.8, 4) is 16.9 Å². The van der Waals surface area contributed by atoms with E-state index in [2.05, 4.69) is 5.32 Å². The van der Waals surface area contributed by atoms with Crippen LogP contribution in [0.5, 0.6) is 5.75 Å². The molecule has 0 aliphatic carbocycles. The number of aryl methyl sites for hydroxylation is 3. The number of rotatable bonds is 8. The molecular formula is C25H27NO4S. The smallest absolute Gasteiger partial charge is 0.341 e. The van der Waals surface area contributed by atoms with Gasteiger partial charge in [-0.1, -0.05) is 42.5 Å². The van der Waals surface area contributed by atoms with Crippen LogP contribution in [0.15, 0.2) is 48.5 Å². The topological polar surface area (TPSA) is 64.6 Å². The Morgan fingerprint density at radius 2 is 1.77 bits per heavy atom. The zero-order valence-corrected chi connectivity index (χ0v) is 19.1. The highest BCUT2D eigenvalue weighted by atomic mass is 32.1. The summed E-state index contributed by atoms with van der Waals surface area (Å²) < 4.78 is 10.8. The second-order valence-electron chi connectivity index (χ2n) is 7.36. The highest BCUT2D eigenvalue weighted by Crippen LogP contribution is 2.40. The second kappa shape index (κ2) is 10.3. The number of nitrogens with one attached hydrogen (secondary N) is 1. The van der Waals surface area contributed by atoms with Gasteiger partial charge in [0.2, 0.25) is 5.91 Å². The van der Waals surface area contributed by atoms with Crippen molar-refractivity contribution in [1.29, 1.82) is 0 Å². The normalized spacial score (nSPS) is 10.6. The first-order valence-corrected chi connectivity index (χ1v) is 11.0. The monoisotopic (exact) mass is 437 g/mol. The standard InChI is InChI=1S/C25H27NO4S/c1-16-12-13-17(2)20(15-16)30-14-8-11-21(27)26-24-23(25(28)29-4)22(18(3)31-24)19-9-6-5-7-10-19/h5-7,9-10,12-13,15H,8,11,14H2,1-4H3,(H,26,27). The van der Waals surface area contributed by atoms with Crippen molar-refractivity contribution in [2.75, 3.05) is 19.0 Å². The van der Waals surface area contributed by atoms with Gasteiger partial charge in [0.05, 0.1) is 13.7 Å². The minimum absolute atomic E-state index is 0.157. The lowest BCUT2D eigenvalue weighted by atomic mass is 10.0. The molecular weight excluding hydrogens is 410 g/mol. The van der Waals surface area contributed by atoms with E-state index in [-0.39, 0.29) is 5.91 Å². The van der Waals surface area contributed by atoms with Gasteiger partial charge in [0.25, 0.3) is 0 Å². The number of benzene rings is 2. The predicted molar refractivity (Wildman–Crippen MR) is 125 cm³/mol. The van der Waals surface area contributed by atoms with Gasteiger partial charge >= 0.3 is 5.97 Å². The van der Waals surface area contributed by atoms with Crippen molar-refractivity contribution in [3.63, 3.8) is 0 Å². The Kier molecular flexibility index (Phi) is 7.47. The number of thiophene rings is 1. The van der Waals surface area contributed by atoms with E-state index in [0.29, 0.717) is 30.0 Å². The second-order valence-corrected chi connectivity index (χ2v) is 8.59. The van der Waals surface area contributed by atoms with E-state index in [1.165, 1.54) is 18.4 Å². The van der Waals surface area contributed by atoms with Gasteiger partial charge in [-0.3, -0.25) is 4.79 Å². The third kappa shape index (κ3) is 5.52. The summed E-state index contributed by atoms with van der Waals surface area (Å²) in [7, 11) is 1.35. The highest BCUT2D eigenvalue weighted by molar-refractivity contribution is 7.17. The van der Waals surface area contributed by atoms with E-state index in [4.69, 9.17) is 9.47 Å². The summed E-state index contributed by atoms with van der Waals surface area (Å²) in [6.45, 7) is 6.40. The van der Waals surface area contributed by atoms with Crippen LogP contribution in [0.4, 0.5) is 5.00 Å². The average molecular weight is 438 g/mol. The molecule has 0 saturated heterocycles. The maximum absolute atomic E-state index is 12.6. The van der Waals surface area contributed by atoms with Gasteiger partial charge in [-0.2, -0.15) is 0 Å². The average Bonchev–Trinajstić information content (AvgIpc) is 3.09. The van der Waals surface area contributed by atoms with E-state index < -0.39 is 5.97 Å². The van der Waals surface area contributed by atoms with E-state index in [0.717, 1.165) is 32.9 Å². The number of ether oxygens (including phenoxy) is 2. The van der Waals surface area contributed by atoms with Crippen molar-refractivity contribution in [1.82, 2.24) is 0 Å². The molecule has 6 heteroatoms. The Morgan fingerprint density at radius 1 is 1.03 bits per heavy atom. The molecule has 1 amide bonds. The summed E-state index contributed by atoms with van der Waals surface area (Å²) in [5.74, 6) is 0.224. The molecule has 5 nitrogen and oxygen atoms in total. The van der Waals surface area contributed by atoms with Gasteiger partial charge in [0.1, 0.15) is 16.3 Å². The number of carbonyl (C=O) groups excluding carboxylic acids is 2. The van der Waals surface area contributed by atoms with Gasteiger partial charge in [-0.05, 0) is 49.9 Å². The van der Waals surface area contributed by atoms with E-state index in [9.17, 15) is 9.59 Å². The van der Waals surface area contributed by atoms with E-state index >= 15 is 0 Å². The molecule has 0 spiro atoms. The summed E-state index contributed by atoms with van der Waals surface area (Å²) in [6, 6.07) is 15.7. The molecule has 31 heavy (non-hydrogen) atoms. The molecule has 1 heterocycles. The molecule has 1 N–H and O–H groups in total. The maximum Gasteiger partial charge on any atom is 0.341 e. The molecule has 3 aromatic rings. The van der Waals surface area contributed by atoms with Crippen LogP contribution in [0, 0.1) is 20.8 Å². The third-order valence-corrected chi connectivity index (χ3v) is 5.96. The molecule has 0 aliphatic heterocycles. The summed E-state index contributed by atoms with van der Waals surface area (Å²) in [5, 5.41) is 3.42. The minimum atomic E-state index is -0.461. The quantitative estimate of drug-likeness (QED) is 0.351. The predicted octanol–water partition coefficient (Wildman–Crippen LogP) is 5.92. The minimum Gasteiger partial charge on any atom is -0.493 e. The molecule has 162 valence electrons. The summed E-state index contributed by atoms with van der Waals surface area (Å²) >= 11 is 1.38. The number of esters is 1. The molecule has 0 radical (unpaired) electrons. The fourth-order valence-corrected chi connectivity index (χ4v) is 4.43. The number of carbonyl (C=O) groups is 2. The van der Waals surface area contributed by atoms with Gasteiger partial charge in [0.15, 0.2) is 0 Å². The van der Waals surface area contributed by atoms with Crippen molar-refractivity contribution < 1.29 is 19.1 Å². The van der Waals surface area contributed by atoms with Gasteiger partial charge in [-0.25, -0.2) is 4.79 Å². The van der Waals surface area contributed by atoms with Crippen molar-refractivity contribution in [3.05, 3.63) is 70.1 Å². The van der Waals surface area contributed by atoms with Crippen LogP contribution in [0.1, 0.15) is 39.2 Å². The number of anilines is 1. The largest absolute Gasteiger partial charge is 0.493 e. The van der Waals surface area contributed by atoms with E-state index in [1.54, 1.807) is 0 Å². The lowest BCUT2D eigenvalue weighted by Gasteiger charge is -2.10. The fraction of sp³-hybridized carbons (Fsp3) is 0.280. The lowest BCUT2D eigenvalue weighted by molar-refractivity contribution is -0.116. The van der Waals surface area contributed by atoms with Crippen LogP contribution >= 0.6 is 11.3 Å². The van der Waals surface area contributed by atoms with Crippen LogP contribution in [-0.2, 0) is 9.53 Å². The van der Waals surface area contributed by atoms with Crippen molar-refractivity contribution in [2.45, 2.75) is 33.6 Å². The summed E-state index contributed by atoms with van der Waals surface area (Å²) in [5.41, 5.74) is 4.32. The first-order chi connectivity index (χ1) is 14.9. The Bertz CT molecular complexity index is 1070. The number of hydrogen-bond donors (Lipinski definition) is 1. The Labute approximate surface area is 187 Å². The van der Waals surface area contributed by atoms with Crippen molar-refractivity contribution in [2.24, 2.45) is 0 Å². The molecule has 3 rings (SSSR count). The van der Waals surface area contributed by atoms with Crippen LogP contribution in [0.25, 0.3) is 11.1 Å². The molecule has 1 aromatic heterocycles. The Balaban J connectivity index is 1.67. The number of methoxy groups -OCH3 is 1. The molecule has 2 aromatic carbocycles. The molecule has 0 aliphatic rings. The Morgan fingerprint density at radius 3 is 2.48 bits per heavy atom. The van der Waals surface area contributed by atoms with Crippen LogP contribution in [-0.4, -0.2) is 25.6 Å². The number of amides is 1. The first kappa shape index (κ1) is 22.6. The maximum atomic E-state index is 12.6. The first-order valence-electron chi connectivity index (χ1n) is 10.2.